The molecule has 1 saturated carbocycles. The molecule has 1 unspecified atom stereocenters. The van der Waals surface area contributed by atoms with Gasteiger partial charge in [0.05, 0.1) is 11.1 Å². The largest absolute Gasteiger partial charge is 0.440 e. The Morgan fingerprint density at radius 2 is 2.09 bits per heavy atom. The van der Waals surface area contributed by atoms with E-state index in [2.05, 4.69) is 9.97 Å². The molecule has 0 aliphatic heterocycles. The number of rotatable bonds is 3. The Morgan fingerprint density at radius 1 is 1.23 bits per heavy atom. The minimum atomic E-state index is -0.717. The monoisotopic (exact) mass is 314 g/mol. The maximum Gasteiger partial charge on any atom is 0.204 e. The predicted molar refractivity (Wildman–Crippen MR) is 83.7 cm³/mol. The smallest absolute Gasteiger partial charge is 0.204 e. The highest BCUT2D eigenvalue weighted by molar-refractivity contribution is 6.31. The molecular formula is C17H15ClN2O2. The first-order valence-electron chi connectivity index (χ1n) is 7.35. The molecule has 2 heterocycles. The van der Waals surface area contributed by atoms with Gasteiger partial charge in [-0.3, -0.25) is 4.98 Å². The van der Waals surface area contributed by atoms with Gasteiger partial charge in [0.25, 0.3) is 0 Å². The van der Waals surface area contributed by atoms with Crippen molar-refractivity contribution in [3.8, 4) is 0 Å². The van der Waals surface area contributed by atoms with Crippen LogP contribution in [-0.2, 0) is 5.41 Å². The van der Waals surface area contributed by atoms with Crippen molar-refractivity contribution in [2.75, 3.05) is 0 Å². The normalized spacial score (nSPS) is 18.1. The van der Waals surface area contributed by atoms with Crippen LogP contribution in [0.4, 0.5) is 0 Å². The molecular weight excluding hydrogens is 300 g/mol. The second kappa shape index (κ2) is 5.07. The third kappa shape index (κ3) is 2.02. The van der Waals surface area contributed by atoms with Gasteiger partial charge in [0.2, 0.25) is 5.89 Å². The van der Waals surface area contributed by atoms with Crippen LogP contribution in [-0.4, -0.2) is 15.1 Å². The highest BCUT2D eigenvalue weighted by atomic mass is 35.5. The Labute approximate surface area is 132 Å². The summed E-state index contributed by atoms with van der Waals surface area (Å²) >= 11 is 6.00. The number of aliphatic hydroxyl groups excluding tert-OH is 1. The highest BCUT2D eigenvalue weighted by Crippen LogP contribution is 2.51. The van der Waals surface area contributed by atoms with Crippen LogP contribution in [0.1, 0.15) is 37.0 Å². The zero-order valence-corrected chi connectivity index (χ0v) is 12.6. The van der Waals surface area contributed by atoms with E-state index in [1.807, 2.05) is 24.3 Å². The first kappa shape index (κ1) is 13.7. The molecule has 2 aromatic heterocycles. The van der Waals surface area contributed by atoms with E-state index in [-0.39, 0.29) is 0 Å². The molecule has 0 amide bonds. The number of nitrogens with zero attached hydrogens (tertiary/aromatic N) is 2. The van der Waals surface area contributed by atoms with Crippen LogP contribution in [0.15, 0.2) is 47.0 Å². The number of aromatic nitrogens is 2. The van der Waals surface area contributed by atoms with Crippen LogP contribution >= 0.6 is 11.6 Å². The van der Waals surface area contributed by atoms with E-state index in [0.717, 1.165) is 24.8 Å². The molecule has 4 rings (SSSR count). The number of hydrogen-bond acceptors (Lipinski definition) is 4. The molecule has 1 N–H and O–H groups in total. The number of pyridine rings is 1. The average Bonchev–Trinajstić information content (AvgIpc) is 2.90. The molecule has 4 nitrogen and oxygen atoms in total. The Hall–Kier alpha value is -1.91. The molecule has 112 valence electrons. The zero-order valence-electron chi connectivity index (χ0n) is 11.9. The second-order valence-electron chi connectivity index (χ2n) is 5.80. The standard InChI is InChI=1S/C17H15ClN2O2/c18-11-5-6-12-14(10-11)22-16(20-12)17(7-3-8-17)15(21)13-4-1-2-9-19-13/h1-2,4-6,9-10,15,21H,3,7-8H2. The van der Waals surface area contributed by atoms with Crippen molar-refractivity contribution in [2.45, 2.75) is 30.8 Å². The summed E-state index contributed by atoms with van der Waals surface area (Å²) < 4.78 is 5.92. The van der Waals surface area contributed by atoms with Crippen molar-refractivity contribution in [2.24, 2.45) is 0 Å². The molecule has 0 saturated heterocycles. The van der Waals surface area contributed by atoms with Gasteiger partial charge in [-0.15, -0.1) is 0 Å². The summed E-state index contributed by atoms with van der Waals surface area (Å²) in [5.41, 5.74) is 1.59. The zero-order chi connectivity index (χ0) is 15.2. The van der Waals surface area contributed by atoms with Crippen molar-refractivity contribution in [3.63, 3.8) is 0 Å². The summed E-state index contributed by atoms with van der Waals surface area (Å²) in [6.45, 7) is 0. The average molecular weight is 315 g/mol. The minimum Gasteiger partial charge on any atom is -0.440 e. The van der Waals surface area contributed by atoms with E-state index in [1.54, 1.807) is 18.3 Å². The van der Waals surface area contributed by atoms with Crippen LogP contribution in [0.25, 0.3) is 11.1 Å². The van der Waals surface area contributed by atoms with Gasteiger partial charge in [-0.25, -0.2) is 4.98 Å². The van der Waals surface area contributed by atoms with Gasteiger partial charge in [-0.05, 0) is 37.1 Å². The van der Waals surface area contributed by atoms with E-state index >= 15 is 0 Å². The topological polar surface area (TPSA) is 59.2 Å². The van der Waals surface area contributed by atoms with Crippen molar-refractivity contribution < 1.29 is 9.52 Å². The number of oxazole rings is 1. The first-order valence-corrected chi connectivity index (χ1v) is 7.72. The number of aliphatic hydroxyl groups is 1. The molecule has 5 heteroatoms. The van der Waals surface area contributed by atoms with Crippen LogP contribution in [0, 0.1) is 0 Å². The van der Waals surface area contributed by atoms with E-state index in [1.165, 1.54) is 0 Å². The van der Waals surface area contributed by atoms with Crippen LogP contribution < -0.4 is 0 Å². The number of benzene rings is 1. The Morgan fingerprint density at radius 3 is 2.77 bits per heavy atom. The van der Waals surface area contributed by atoms with Gasteiger partial charge in [0, 0.05) is 17.3 Å². The van der Waals surface area contributed by atoms with Crippen molar-refractivity contribution in [1.29, 1.82) is 0 Å². The Kier molecular flexibility index (Phi) is 3.17. The lowest BCUT2D eigenvalue weighted by Crippen LogP contribution is -2.41. The SMILES string of the molecule is OC(c1ccccn1)C1(c2nc3ccc(Cl)cc3o2)CCC1. The van der Waals surface area contributed by atoms with Crippen LogP contribution in [0.3, 0.4) is 0 Å². The minimum absolute atomic E-state index is 0.486. The molecule has 0 bridgehead atoms. The lowest BCUT2D eigenvalue weighted by atomic mass is 9.64. The molecule has 1 aliphatic carbocycles. The molecule has 1 atom stereocenters. The van der Waals surface area contributed by atoms with Crippen molar-refractivity contribution in [1.82, 2.24) is 9.97 Å². The summed E-state index contributed by atoms with van der Waals surface area (Å²) in [5.74, 6) is 0.578. The summed E-state index contributed by atoms with van der Waals surface area (Å²) in [6, 6.07) is 10.9. The van der Waals surface area contributed by atoms with Crippen LogP contribution in [0.2, 0.25) is 5.02 Å². The molecule has 22 heavy (non-hydrogen) atoms. The van der Waals surface area contributed by atoms with Crippen LogP contribution in [0.5, 0.6) is 0 Å². The van der Waals surface area contributed by atoms with Gasteiger partial charge in [-0.1, -0.05) is 24.1 Å². The fourth-order valence-corrected chi connectivity index (χ4v) is 3.26. The molecule has 0 spiro atoms. The summed E-state index contributed by atoms with van der Waals surface area (Å²) in [6.07, 6.45) is 3.70. The van der Waals surface area contributed by atoms with Gasteiger partial charge in [-0.2, -0.15) is 0 Å². The second-order valence-corrected chi connectivity index (χ2v) is 6.23. The fraction of sp³-hybridized carbons (Fsp3) is 0.294. The number of halogens is 1. The quantitative estimate of drug-likeness (QED) is 0.793. The van der Waals surface area contributed by atoms with E-state index < -0.39 is 11.5 Å². The van der Waals surface area contributed by atoms with Gasteiger partial charge >= 0.3 is 0 Å². The maximum absolute atomic E-state index is 10.8. The van der Waals surface area contributed by atoms with E-state index in [9.17, 15) is 5.11 Å². The summed E-state index contributed by atoms with van der Waals surface area (Å²) in [7, 11) is 0. The molecule has 1 aromatic carbocycles. The van der Waals surface area contributed by atoms with Crippen molar-refractivity contribution in [3.05, 3.63) is 59.2 Å². The lowest BCUT2D eigenvalue weighted by molar-refractivity contribution is 0.00691. The van der Waals surface area contributed by atoms with Crippen molar-refractivity contribution >= 4 is 22.7 Å². The Balaban J connectivity index is 1.79. The fourth-order valence-electron chi connectivity index (χ4n) is 3.09. The van der Waals surface area contributed by atoms with Gasteiger partial charge in [0.15, 0.2) is 5.58 Å². The first-order chi connectivity index (χ1) is 10.7. The van der Waals surface area contributed by atoms with Gasteiger partial charge < -0.3 is 9.52 Å². The van der Waals surface area contributed by atoms with E-state index in [0.29, 0.717) is 22.2 Å². The molecule has 1 fully saturated rings. The third-order valence-corrected chi connectivity index (χ3v) is 4.75. The maximum atomic E-state index is 10.8. The van der Waals surface area contributed by atoms with Gasteiger partial charge in [0.1, 0.15) is 11.6 Å². The number of fused-ring (bicyclic) bond motifs is 1. The summed E-state index contributed by atoms with van der Waals surface area (Å²) in [4.78, 5) is 8.86. The highest BCUT2D eigenvalue weighted by Gasteiger charge is 2.50. The molecule has 3 aromatic rings. The Bertz CT molecular complexity index is 812. The predicted octanol–water partition coefficient (Wildman–Crippen LogP) is 4.03. The van der Waals surface area contributed by atoms with E-state index in [4.69, 9.17) is 16.0 Å². The third-order valence-electron chi connectivity index (χ3n) is 4.51. The molecule has 1 aliphatic rings. The summed E-state index contributed by atoms with van der Waals surface area (Å²) in [5, 5.41) is 11.4. The lowest BCUT2D eigenvalue weighted by Gasteiger charge is -2.42. The number of hydrogen-bond donors (Lipinski definition) is 1. The molecule has 0 radical (unpaired) electrons.